The predicted octanol–water partition coefficient (Wildman–Crippen LogP) is 5.52. The highest BCUT2D eigenvalue weighted by Crippen LogP contribution is 2.44. The largest absolute Gasteiger partial charge is 0.309 e. The number of halogens is 1. The quantitative estimate of drug-likeness (QED) is 0.741. The van der Waals surface area contributed by atoms with E-state index in [-0.39, 0.29) is 0 Å². The maximum absolute atomic E-state index is 5.96. The summed E-state index contributed by atoms with van der Waals surface area (Å²) in [5, 5.41) is 4.51. The van der Waals surface area contributed by atoms with Crippen molar-refractivity contribution < 1.29 is 0 Å². The van der Waals surface area contributed by atoms with Crippen LogP contribution >= 0.6 is 22.9 Å². The van der Waals surface area contributed by atoms with Crippen molar-refractivity contribution in [2.24, 2.45) is 5.92 Å². The van der Waals surface area contributed by atoms with Crippen molar-refractivity contribution >= 4 is 22.9 Å². The Morgan fingerprint density at radius 2 is 1.95 bits per heavy atom. The summed E-state index contributed by atoms with van der Waals surface area (Å²) in [5.41, 5.74) is 1.26. The molecule has 1 N–H and O–H groups in total. The number of hydrogen-bond donors (Lipinski definition) is 1. The van der Waals surface area contributed by atoms with Crippen LogP contribution < -0.4 is 5.32 Å². The van der Waals surface area contributed by atoms with Crippen molar-refractivity contribution in [3.63, 3.8) is 0 Å². The van der Waals surface area contributed by atoms with Crippen LogP contribution in [0.4, 0.5) is 0 Å². The van der Waals surface area contributed by atoms with Crippen LogP contribution in [0, 0.1) is 5.92 Å². The SMILES string of the molecule is CCCNC(c1ccc(-c2ccc(Cl)cc2)s1)C1CC1. The Balaban J connectivity index is 1.79. The first kappa shape index (κ1) is 14.1. The van der Waals surface area contributed by atoms with Gasteiger partial charge < -0.3 is 5.32 Å². The smallest absolute Gasteiger partial charge is 0.0443 e. The van der Waals surface area contributed by atoms with Gasteiger partial charge in [0.1, 0.15) is 0 Å². The zero-order valence-electron chi connectivity index (χ0n) is 11.7. The molecule has 1 aliphatic rings. The summed E-state index contributed by atoms with van der Waals surface area (Å²) in [5.74, 6) is 0.846. The van der Waals surface area contributed by atoms with Gasteiger partial charge in [-0.25, -0.2) is 0 Å². The number of thiophene rings is 1. The van der Waals surface area contributed by atoms with E-state index in [4.69, 9.17) is 11.6 Å². The molecule has 1 heterocycles. The Kier molecular flexibility index (Phi) is 4.45. The second-order valence-corrected chi connectivity index (χ2v) is 7.03. The van der Waals surface area contributed by atoms with Crippen molar-refractivity contribution in [2.75, 3.05) is 6.54 Å². The van der Waals surface area contributed by atoms with Crippen molar-refractivity contribution in [1.29, 1.82) is 0 Å². The highest BCUT2D eigenvalue weighted by Gasteiger charge is 2.32. The molecule has 2 aromatic rings. The van der Waals surface area contributed by atoms with Crippen LogP contribution in [0.15, 0.2) is 36.4 Å². The number of hydrogen-bond acceptors (Lipinski definition) is 2. The van der Waals surface area contributed by atoms with E-state index in [0.717, 1.165) is 17.5 Å². The first-order valence-corrected chi connectivity index (χ1v) is 8.56. The Bertz CT molecular complexity index is 557. The van der Waals surface area contributed by atoms with Crippen LogP contribution in [0.3, 0.4) is 0 Å². The van der Waals surface area contributed by atoms with Gasteiger partial charge in [-0.05, 0) is 61.6 Å². The minimum Gasteiger partial charge on any atom is -0.309 e. The summed E-state index contributed by atoms with van der Waals surface area (Å²) in [6, 6.07) is 13.2. The highest BCUT2D eigenvalue weighted by molar-refractivity contribution is 7.15. The molecule has 1 atom stereocenters. The normalized spacial score (nSPS) is 16.3. The first-order chi connectivity index (χ1) is 9.78. The molecule has 1 fully saturated rings. The molecule has 0 bridgehead atoms. The molecule has 0 saturated heterocycles. The molecular weight excluding hydrogens is 286 g/mol. The van der Waals surface area contributed by atoms with Crippen LogP contribution in [-0.2, 0) is 0 Å². The van der Waals surface area contributed by atoms with Crippen LogP contribution in [0.2, 0.25) is 5.02 Å². The average molecular weight is 306 g/mol. The zero-order chi connectivity index (χ0) is 13.9. The third-order valence-corrected chi connectivity index (χ3v) is 5.24. The molecule has 0 aliphatic heterocycles. The lowest BCUT2D eigenvalue weighted by molar-refractivity contribution is 0.488. The van der Waals surface area contributed by atoms with Gasteiger partial charge in [0.15, 0.2) is 0 Å². The number of rotatable bonds is 6. The Morgan fingerprint density at radius 1 is 1.20 bits per heavy atom. The van der Waals surface area contributed by atoms with E-state index in [1.54, 1.807) is 0 Å². The first-order valence-electron chi connectivity index (χ1n) is 7.37. The molecule has 1 aromatic heterocycles. The highest BCUT2D eigenvalue weighted by atomic mass is 35.5. The fourth-order valence-corrected chi connectivity index (χ4v) is 3.83. The molecular formula is C17H20ClNS. The Hall–Kier alpha value is -0.830. The molecule has 106 valence electrons. The van der Waals surface area contributed by atoms with E-state index in [1.807, 2.05) is 23.5 Å². The van der Waals surface area contributed by atoms with E-state index < -0.39 is 0 Å². The minimum atomic E-state index is 0.556. The summed E-state index contributed by atoms with van der Waals surface area (Å²) >= 11 is 7.87. The molecule has 3 heteroatoms. The molecule has 1 nitrogen and oxygen atoms in total. The maximum Gasteiger partial charge on any atom is 0.0443 e. The zero-order valence-corrected chi connectivity index (χ0v) is 13.3. The molecule has 0 spiro atoms. The van der Waals surface area contributed by atoms with E-state index in [0.29, 0.717) is 6.04 Å². The van der Waals surface area contributed by atoms with Crippen LogP contribution in [0.25, 0.3) is 10.4 Å². The van der Waals surface area contributed by atoms with Crippen molar-refractivity contribution in [2.45, 2.75) is 32.2 Å². The summed E-state index contributed by atoms with van der Waals surface area (Å²) in [4.78, 5) is 2.81. The van der Waals surface area contributed by atoms with Gasteiger partial charge in [-0.1, -0.05) is 30.7 Å². The van der Waals surface area contributed by atoms with Crippen LogP contribution in [-0.4, -0.2) is 6.54 Å². The second-order valence-electron chi connectivity index (χ2n) is 5.48. The van der Waals surface area contributed by atoms with E-state index in [2.05, 4.69) is 36.5 Å². The third kappa shape index (κ3) is 3.25. The molecule has 1 aliphatic carbocycles. The number of nitrogens with one attached hydrogen (secondary N) is 1. The van der Waals surface area contributed by atoms with E-state index >= 15 is 0 Å². The van der Waals surface area contributed by atoms with Crippen LogP contribution in [0.5, 0.6) is 0 Å². The van der Waals surface area contributed by atoms with E-state index in [1.165, 1.54) is 34.6 Å². The van der Waals surface area contributed by atoms with Gasteiger partial charge in [0.05, 0.1) is 0 Å². The third-order valence-electron chi connectivity index (χ3n) is 3.77. The van der Waals surface area contributed by atoms with Crippen molar-refractivity contribution in [3.05, 3.63) is 46.3 Å². The van der Waals surface area contributed by atoms with Crippen LogP contribution in [0.1, 0.15) is 37.1 Å². The molecule has 1 aromatic carbocycles. The summed E-state index contributed by atoms with van der Waals surface area (Å²) in [6.45, 7) is 3.33. The second kappa shape index (κ2) is 6.30. The summed E-state index contributed by atoms with van der Waals surface area (Å²) in [7, 11) is 0. The summed E-state index contributed by atoms with van der Waals surface area (Å²) < 4.78 is 0. The monoisotopic (exact) mass is 305 g/mol. The topological polar surface area (TPSA) is 12.0 Å². The lowest BCUT2D eigenvalue weighted by Gasteiger charge is -2.16. The Labute approximate surface area is 130 Å². The maximum atomic E-state index is 5.96. The Morgan fingerprint density at radius 3 is 2.60 bits per heavy atom. The minimum absolute atomic E-state index is 0.556. The molecule has 20 heavy (non-hydrogen) atoms. The van der Waals surface area contributed by atoms with Gasteiger partial charge in [0, 0.05) is 20.8 Å². The lowest BCUT2D eigenvalue weighted by atomic mass is 10.1. The average Bonchev–Trinajstić information content (AvgIpc) is 3.18. The van der Waals surface area contributed by atoms with Gasteiger partial charge in [0.25, 0.3) is 0 Å². The number of benzene rings is 1. The van der Waals surface area contributed by atoms with Gasteiger partial charge in [0.2, 0.25) is 0 Å². The van der Waals surface area contributed by atoms with Gasteiger partial charge in [-0.3, -0.25) is 0 Å². The van der Waals surface area contributed by atoms with Crippen molar-refractivity contribution in [3.8, 4) is 10.4 Å². The standard InChI is InChI=1S/C17H20ClNS/c1-2-11-19-17(13-3-4-13)16-10-9-15(20-16)12-5-7-14(18)8-6-12/h5-10,13,17,19H,2-4,11H2,1H3. The van der Waals surface area contributed by atoms with Gasteiger partial charge in [-0.2, -0.15) is 0 Å². The fourth-order valence-electron chi connectivity index (χ4n) is 2.52. The summed E-state index contributed by atoms with van der Waals surface area (Å²) in [6.07, 6.45) is 3.93. The predicted molar refractivity (Wildman–Crippen MR) is 88.5 cm³/mol. The fraction of sp³-hybridized carbons (Fsp3) is 0.412. The molecule has 0 radical (unpaired) electrons. The van der Waals surface area contributed by atoms with Crippen molar-refractivity contribution in [1.82, 2.24) is 5.32 Å². The van der Waals surface area contributed by atoms with Gasteiger partial charge in [-0.15, -0.1) is 11.3 Å². The molecule has 3 rings (SSSR count). The van der Waals surface area contributed by atoms with Gasteiger partial charge >= 0.3 is 0 Å². The molecule has 1 unspecified atom stereocenters. The molecule has 0 amide bonds. The molecule has 1 saturated carbocycles. The lowest BCUT2D eigenvalue weighted by Crippen LogP contribution is -2.22. The van der Waals surface area contributed by atoms with E-state index in [9.17, 15) is 0 Å².